The lowest BCUT2D eigenvalue weighted by Crippen LogP contribution is -2.32. The summed E-state index contributed by atoms with van der Waals surface area (Å²) in [5, 5.41) is 0. The van der Waals surface area contributed by atoms with Gasteiger partial charge in [0.15, 0.2) is 0 Å². The first-order chi connectivity index (χ1) is 5.64. The first kappa shape index (κ1) is 9.85. The van der Waals surface area contributed by atoms with Crippen molar-refractivity contribution in [2.24, 2.45) is 0 Å². The largest absolute Gasteiger partial charge is 0.475 e. The van der Waals surface area contributed by atoms with Crippen LogP contribution in [0.25, 0.3) is 0 Å². The summed E-state index contributed by atoms with van der Waals surface area (Å²) < 4.78 is 19.8. The molecule has 0 bridgehead atoms. The molecule has 0 aliphatic carbocycles. The van der Waals surface area contributed by atoms with Crippen molar-refractivity contribution < 1.29 is 28.3 Å². The molecule has 1 heterocycles. The predicted molar refractivity (Wildman–Crippen MR) is 37.9 cm³/mol. The van der Waals surface area contributed by atoms with E-state index in [4.69, 9.17) is 4.89 Å². The minimum absolute atomic E-state index is 0.0542. The molecule has 0 spiro atoms. The maximum absolute atomic E-state index is 10.9. The van der Waals surface area contributed by atoms with E-state index in [0.717, 1.165) is 0 Å². The Bertz CT molecular complexity index is 200. The summed E-state index contributed by atoms with van der Waals surface area (Å²) in [7, 11) is -4.01. The molecule has 1 N–H and O–H groups in total. The smallest absolute Gasteiger partial charge is 0.302 e. The van der Waals surface area contributed by atoms with Gasteiger partial charge >= 0.3 is 7.82 Å². The van der Waals surface area contributed by atoms with Gasteiger partial charge < -0.3 is 4.89 Å². The Balaban J connectivity index is 2.25. The number of hydrogen-bond donors (Lipinski definition) is 1. The molecule has 1 aliphatic rings. The standard InChI is InChI=1S/C5H9O6P/c1-2-3-9-12(6,7)11-5-4-8-10-5/h2,5H,1,3-4H2,(H,6,7). The van der Waals surface area contributed by atoms with Crippen molar-refractivity contribution >= 4 is 7.82 Å². The van der Waals surface area contributed by atoms with E-state index < -0.39 is 14.1 Å². The molecule has 2 unspecified atom stereocenters. The van der Waals surface area contributed by atoms with Gasteiger partial charge in [-0.2, -0.15) is 0 Å². The van der Waals surface area contributed by atoms with Gasteiger partial charge in [0.05, 0.1) is 6.61 Å². The van der Waals surface area contributed by atoms with Crippen LogP contribution in [0.4, 0.5) is 0 Å². The molecule has 0 aromatic carbocycles. The Morgan fingerprint density at radius 3 is 2.92 bits per heavy atom. The first-order valence-corrected chi connectivity index (χ1v) is 4.68. The lowest BCUT2D eigenvalue weighted by atomic mass is 10.7. The molecule has 1 saturated heterocycles. The monoisotopic (exact) mass is 196 g/mol. The molecule has 1 aliphatic heterocycles. The van der Waals surface area contributed by atoms with Crippen molar-refractivity contribution in [3.8, 4) is 0 Å². The van der Waals surface area contributed by atoms with Gasteiger partial charge in [0.2, 0.25) is 6.29 Å². The van der Waals surface area contributed by atoms with Crippen molar-refractivity contribution in [3.05, 3.63) is 12.7 Å². The fourth-order valence-electron chi connectivity index (χ4n) is 0.497. The van der Waals surface area contributed by atoms with Gasteiger partial charge in [-0.15, -0.1) is 6.58 Å². The summed E-state index contributed by atoms with van der Waals surface area (Å²) in [6.07, 6.45) is 0.523. The summed E-state index contributed by atoms with van der Waals surface area (Å²) in [6, 6.07) is 0. The SMILES string of the molecule is C=CCOP(=O)(O)OC1COO1. The van der Waals surface area contributed by atoms with E-state index in [2.05, 4.69) is 25.4 Å². The third-order valence-electron chi connectivity index (χ3n) is 0.986. The van der Waals surface area contributed by atoms with Crippen LogP contribution >= 0.6 is 7.82 Å². The predicted octanol–water partition coefficient (Wildman–Crippen LogP) is 0.594. The lowest BCUT2D eigenvalue weighted by Gasteiger charge is -2.25. The van der Waals surface area contributed by atoms with Crippen LogP contribution < -0.4 is 0 Å². The fourth-order valence-corrected chi connectivity index (χ4v) is 1.25. The Morgan fingerprint density at radius 2 is 2.50 bits per heavy atom. The van der Waals surface area contributed by atoms with Crippen LogP contribution in [0.2, 0.25) is 0 Å². The van der Waals surface area contributed by atoms with Gasteiger partial charge in [-0.3, -0.25) is 9.05 Å². The van der Waals surface area contributed by atoms with Crippen molar-refractivity contribution in [3.63, 3.8) is 0 Å². The van der Waals surface area contributed by atoms with Gasteiger partial charge in [0, 0.05) is 0 Å². The van der Waals surface area contributed by atoms with Crippen molar-refractivity contribution in [1.29, 1.82) is 0 Å². The van der Waals surface area contributed by atoms with Crippen LogP contribution in [0.15, 0.2) is 12.7 Å². The minimum Gasteiger partial charge on any atom is -0.302 e. The Kier molecular flexibility index (Phi) is 3.39. The summed E-state index contributed by atoms with van der Waals surface area (Å²) in [6.45, 7) is 3.38. The summed E-state index contributed by atoms with van der Waals surface area (Å²) in [4.78, 5) is 17.4. The molecule has 1 rings (SSSR count). The molecule has 0 aromatic heterocycles. The lowest BCUT2D eigenvalue weighted by molar-refractivity contribution is -0.468. The number of rotatable bonds is 5. The Hall–Kier alpha value is -0.230. The Labute approximate surface area is 69.2 Å². The van der Waals surface area contributed by atoms with Gasteiger partial charge in [0.1, 0.15) is 6.61 Å². The maximum atomic E-state index is 10.9. The van der Waals surface area contributed by atoms with E-state index in [9.17, 15) is 4.57 Å². The zero-order valence-corrected chi connectivity index (χ0v) is 7.11. The van der Waals surface area contributed by atoms with Crippen LogP contribution in [0.3, 0.4) is 0 Å². The molecule has 0 aromatic rings. The van der Waals surface area contributed by atoms with E-state index in [-0.39, 0.29) is 13.2 Å². The third-order valence-corrected chi connectivity index (χ3v) is 1.96. The zero-order chi connectivity index (χ0) is 9.03. The molecule has 12 heavy (non-hydrogen) atoms. The van der Waals surface area contributed by atoms with Gasteiger partial charge in [-0.05, 0) is 0 Å². The van der Waals surface area contributed by atoms with E-state index in [0.29, 0.717) is 0 Å². The van der Waals surface area contributed by atoms with E-state index >= 15 is 0 Å². The second-order valence-electron chi connectivity index (χ2n) is 1.97. The molecular weight excluding hydrogens is 187 g/mol. The summed E-state index contributed by atoms with van der Waals surface area (Å²) >= 11 is 0. The van der Waals surface area contributed by atoms with Crippen molar-refractivity contribution in [2.75, 3.05) is 13.2 Å². The van der Waals surface area contributed by atoms with Crippen LogP contribution in [0, 0.1) is 0 Å². The highest BCUT2D eigenvalue weighted by atomic mass is 31.2. The van der Waals surface area contributed by atoms with Crippen LogP contribution in [-0.2, 0) is 23.4 Å². The fraction of sp³-hybridized carbons (Fsp3) is 0.600. The molecule has 0 radical (unpaired) electrons. The number of phosphoric acid groups is 1. The zero-order valence-electron chi connectivity index (χ0n) is 6.21. The van der Waals surface area contributed by atoms with Crippen LogP contribution in [0.1, 0.15) is 0 Å². The summed E-state index contributed by atoms with van der Waals surface area (Å²) in [5.41, 5.74) is 0. The average Bonchev–Trinajstić information content (AvgIpc) is 1.94. The second kappa shape index (κ2) is 4.13. The molecule has 1 fully saturated rings. The van der Waals surface area contributed by atoms with Crippen LogP contribution in [0.5, 0.6) is 0 Å². The molecule has 6 nitrogen and oxygen atoms in total. The highest BCUT2D eigenvalue weighted by Crippen LogP contribution is 2.45. The topological polar surface area (TPSA) is 74.2 Å². The molecule has 0 saturated carbocycles. The molecule has 70 valence electrons. The van der Waals surface area contributed by atoms with Gasteiger partial charge in [0.25, 0.3) is 0 Å². The first-order valence-electron chi connectivity index (χ1n) is 3.19. The average molecular weight is 196 g/mol. The highest BCUT2D eigenvalue weighted by molar-refractivity contribution is 7.47. The minimum atomic E-state index is -4.01. The normalized spacial score (nSPS) is 27.2. The van der Waals surface area contributed by atoms with E-state index in [1.54, 1.807) is 0 Å². The molecule has 7 heteroatoms. The maximum Gasteiger partial charge on any atom is 0.475 e. The molecule has 0 amide bonds. The highest BCUT2D eigenvalue weighted by Gasteiger charge is 2.32. The quantitative estimate of drug-likeness (QED) is 0.394. The van der Waals surface area contributed by atoms with Crippen LogP contribution in [-0.4, -0.2) is 24.4 Å². The Morgan fingerprint density at radius 1 is 1.83 bits per heavy atom. The molecular formula is C5H9O6P. The summed E-state index contributed by atoms with van der Waals surface area (Å²) in [5.74, 6) is 0. The van der Waals surface area contributed by atoms with Gasteiger partial charge in [-0.25, -0.2) is 14.3 Å². The second-order valence-corrected chi connectivity index (χ2v) is 3.37. The molecule has 2 atom stereocenters. The third kappa shape index (κ3) is 3.02. The number of phosphoric ester groups is 1. The van der Waals surface area contributed by atoms with E-state index in [1.165, 1.54) is 6.08 Å². The van der Waals surface area contributed by atoms with E-state index in [1.807, 2.05) is 0 Å². The number of hydrogen-bond acceptors (Lipinski definition) is 5. The van der Waals surface area contributed by atoms with Crippen molar-refractivity contribution in [2.45, 2.75) is 6.29 Å². The van der Waals surface area contributed by atoms with Gasteiger partial charge in [-0.1, -0.05) is 6.08 Å². The van der Waals surface area contributed by atoms with Crippen molar-refractivity contribution in [1.82, 2.24) is 0 Å².